The molecule has 0 bridgehead atoms. The predicted octanol–water partition coefficient (Wildman–Crippen LogP) is 3.72. The molecule has 0 aliphatic rings. The van der Waals surface area contributed by atoms with E-state index in [4.69, 9.17) is 27.6 Å². The Bertz CT molecular complexity index is 674. The molecule has 1 unspecified atom stereocenters. The fourth-order valence-corrected chi connectivity index (χ4v) is 2.52. The molecule has 2 N–H and O–H groups in total. The van der Waals surface area contributed by atoms with Gasteiger partial charge >= 0.3 is 0 Å². The van der Waals surface area contributed by atoms with Crippen molar-refractivity contribution in [1.29, 1.82) is 0 Å². The van der Waals surface area contributed by atoms with E-state index < -0.39 is 6.10 Å². The molecular formula is C17H21Cl2N3O2. The summed E-state index contributed by atoms with van der Waals surface area (Å²) >= 11 is 12.0. The number of aliphatic hydroxyl groups excluding tert-OH is 1. The van der Waals surface area contributed by atoms with Crippen molar-refractivity contribution in [2.45, 2.75) is 19.6 Å². The fourth-order valence-electron chi connectivity index (χ4n) is 2.20. The van der Waals surface area contributed by atoms with Gasteiger partial charge in [-0.2, -0.15) is 0 Å². The highest BCUT2D eigenvalue weighted by molar-refractivity contribution is 6.42. The number of rotatable bonds is 6. The smallest absolute Gasteiger partial charge is 0.194 e. The lowest BCUT2D eigenvalue weighted by molar-refractivity contribution is 0.158. The van der Waals surface area contributed by atoms with Crippen LogP contribution in [0.15, 0.2) is 46.0 Å². The van der Waals surface area contributed by atoms with Gasteiger partial charge in [0.15, 0.2) is 5.96 Å². The summed E-state index contributed by atoms with van der Waals surface area (Å²) in [6.45, 7) is 3.54. The number of nitrogens with zero attached hydrogens (tertiary/aromatic N) is 2. The van der Waals surface area contributed by atoms with Gasteiger partial charge in [0.1, 0.15) is 11.9 Å². The lowest BCUT2D eigenvalue weighted by atomic mass is 10.2. The van der Waals surface area contributed by atoms with Gasteiger partial charge < -0.3 is 19.7 Å². The first-order chi connectivity index (χ1) is 11.5. The Balaban J connectivity index is 2.04. The Labute approximate surface area is 151 Å². The molecule has 7 heteroatoms. The van der Waals surface area contributed by atoms with Gasteiger partial charge in [0.05, 0.1) is 22.9 Å². The third kappa shape index (κ3) is 5.16. The van der Waals surface area contributed by atoms with Gasteiger partial charge in [0.25, 0.3) is 0 Å². The maximum absolute atomic E-state index is 10.1. The zero-order valence-electron chi connectivity index (χ0n) is 13.7. The summed E-state index contributed by atoms with van der Waals surface area (Å²) < 4.78 is 5.19. The lowest BCUT2D eigenvalue weighted by Crippen LogP contribution is -2.38. The van der Waals surface area contributed by atoms with Crippen molar-refractivity contribution in [2.24, 2.45) is 4.99 Å². The Morgan fingerprint density at radius 2 is 2.12 bits per heavy atom. The van der Waals surface area contributed by atoms with Crippen LogP contribution in [0.5, 0.6) is 0 Å². The largest absolute Gasteiger partial charge is 0.467 e. The average Bonchev–Trinajstić information content (AvgIpc) is 3.09. The first-order valence-electron chi connectivity index (χ1n) is 7.66. The van der Waals surface area contributed by atoms with Crippen LogP contribution in [0.25, 0.3) is 0 Å². The van der Waals surface area contributed by atoms with Crippen LogP contribution in [0, 0.1) is 0 Å². The van der Waals surface area contributed by atoms with Gasteiger partial charge in [-0.25, -0.2) is 4.99 Å². The molecule has 1 heterocycles. The van der Waals surface area contributed by atoms with Crippen molar-refractivity contribution in [1.82, 2.24) is 10.2 Å². The predicted molar refractivity (Wildman–Crippen MR) is 97.6 cm³/mol. The number of nitrogens with one attached hydrogen (secondary N) is 1. The van der Waals surface area contributed by atoms with Crippen LogP contribution in [0.2, 0.25) is 10.0 Å². The molecule has 1 aromatic heterocycles. The van der Waals surface area contributed by atoms with E-state index in [2.05, 4.69) is 10.3 Å². The van der Waals surface area contributed by atoms with Crippen molar-refractivity contribution < 1.29 is 9.52 Å². The number of benzene rings is 1. The maximum atomic E-state index is 10.1. The van der Waals surface area contributed by atoms with Crippen LogP contribution in [-0.4, -0.2) is 36.1 Å². The highest BCUT2D eigenvalue weighted by Gasteiger charge is 2.12. The number of aliphatic imine (C=N–C) groups is 1. The quantitative estimate of drug-likeness (QED) is 0.601. The second-order valence-corrected chi connectivity index (χ2v) is 6.14. The summed E-state index contributed by atoms with van der Waals surface area (Å²) in [5, 5.41) is 14.3. The van der Waals surface area contributed by atoms with Gasteiger partial charge in [0, 0.05) is 20.1 Å². The standard InChI is InChI=1S/C17H21Cl2N3O2/c1-3-20-17(21-10-15(23)16-5-4-8-24-16)22(2)11-12-6-7-13(18)14(19)9-12/h4-9,15,23H,3,10-11H2,1-2H3,(H,20,21). The first kappa shape index (κ1) is 18.6. The summed E-state index contributed by atoms with van der Waals surface area (Å²) in [6.07, 6.45) is 0.760. The minimum Gasteiger partial charge on any atom is -0.467 e. The number of aliphatic hydroxyl groups is 1. The van der Waals surface area contributed by atoms with E-state index in [1.165, 1.54) is 6.26 Å². The third-order valence-corrected chi connectivity index (χ3v) is 4.12. The van der Waals surface area contributed by atoms with Crippen LogP contribution >= 0.6 is 23.2 Å². The summed E-state index contributed by atoms with van der Waals surface area (Å²) in [5.41, 5.74) is 1.02. The van der Waals surface area contributed by atoms with Crippen molar-refractivity contribution in [3.05, 3.63) is 58.0 Å². The van der Waals surface area contributed by atoms with Crippen molar-refractivity contribution >= 4 is 29.2 Å². The molecule has 2 rings (SSSR count). The summed E-state index contributed by atoms with van der Waals surface area (Å²) in [6, 6.07) is 9.00. The Hall–Kier alpha value is -1.69. The molecule has 2 aromatic rings. The van der Waals surface area contributed by atoms with Crippen LogP contribution in [0.4, 0.5) is 0 Å². The second-order valence-electron chi connectivity index (χ2n) is 5.33. The molecule has 130 valence electrons. The Kier molecular flexibility index (Phi) is 6.97. The Morgan fingerprint density at radius 1 is 1.33 bits per heavy atom. The highest BCUT2D eigenvalue weighted by atomic mass is 35.5. The van der Waals surface area contributed by atoms with E-state index in [0.29, 0.717) is 28.3 Å². The average molecular weight is 370 g/mol. The lowest BCUT2D eigenvalue weighted by Gasteiger charge is -2.22. The molecule has 0 saturated carbocycles. The molecule has 1 atom stereocenters. The van der Waals surface area contributed by atoms with Crippen LogP contribution in [-0.2, 0) is 6.54 Å². The van der Waals surface area contributed by atoms with Gasteiger partial charge in [-0.1, -0.05) is 29.3 Å². The molecule has 24 heavy (non-hydrogen) atoms. The number of hydrogen-bond acceptors (Lipinski definition) is 3. The molecule has 0 spiro atoms. The molecule has 0 amide bonds. The zero-order chi connectivity index (χ0) is 17.5. The molecule has 1 aromatic carbocycles. The molecular weight excluding hydrogens is 349 g/mol. The van der Waals surface area contributed by atoms with Gasteiger partial charge in [-0.05, 0) is 36.8 Å². The first-order valence-corrected chi connectivity index (χ1v) is 8.41. The van der Waals surface area contributed by atoms with E-state index in [1.807, 2.05) is 31.0 Å². The normalized spacial score (nSPS) is 13.0. The minimum absolute atomic E-state index is 0.210. The van der Waals surface area contributed by atoms with E-state index in [1.54, 1.807) is 18.2 Å². The van der Waals surface area contributed by atoms with Crippen LogP contribution in [0.3, 0.4) is 0 Å². The second kappa shape index (κ2) is 8.97. The van der Waals surface area contributed by atoms with Gasteiger partial charge in [-0.3, -0.25) is 0 Å². The molecule has 0 aliphatic heterocycles. The number of halogens is 2. The molecule has 0 radical (unpaired) electrons. The Morgan fingerprint density at radius 3 is 2.75 bits per heavy atom. The third-order valence-electron chi connectivity index (χ3n) is 3.39. The van der Waals surface area contributed by atoms with Crippen molar-refractivity contribution in [3.63, 3.8) is 0 Å². The molecule has 0 fully saturated rings. The fraction of sp³-hybridized carbons (Fsp3) is 0.353. The molecule has 5 nitrogen and oxygen atoms in total. The van der Waals surface area contributed by atoms with Crippen molar-refractivity contribution in [2.75, 3.05) is 20.1 Å². The maximum Gasteiger partial charge on any atom is 0.194 e. The van der Waals surface area contributed by atoms with E-state index in [0.717, 1.165) is 12.1 Å². The molecule has 0 aliphatic carbocycles. The number of furan rings is 1. The highest BCUT2D eigenvalue weighted by Crippen LogP contribution is 2.23. The van der Waals surface area contributed by atoms with E-state index in [-0.39, 0.29) is 6.54 Å². The summed E-state index contributed by atoms with van der Waals surface area (Å²) in [5.74, 6) is 1.19. The topological polar surface area (TPSA) is 61.0 Å². The van der Waals surface area contributed by atoms with Crippen molar-refractivity contribution in [3.8, 4) is 0 Å². The van der Waals surface area contributed by atoms with Gasteiger partial charge in [-0.15, -0.1) is 0 Å². The summed E-state index contributed by atoms with van der Waals surface area (Å²) in [7, 11) is 1.92. The van der Waals surface area contributed by atoms with E-state index in [9.17, 15) is 5.11 Å². The summed E-state index contributed by atoms with van der Waals surface area (Å²) in [4.78, 5) is 6.42. The van der Waals surface area contributed by atoms with Crippen LogP contribution < -0.4 is 5.32 Å². The van der Waals surface area contributed by atoms with E-state index >= 15 is 0 Å². The monoisotopic (exact) mass is 369 g/mol. The van der Waals surface area contributed by atoms with Crippen LogP contribution in [0.1, 0.15) is 24.4 Å². The number of guanidine groups is 1. The van der Waals surface area contributed by atoms with Gasteiger partial charge in [0.2, 0.25) is 0 Å². The SMILES string of the molecule is CCNC(=NCC(O)c1ccco1)N(C)Cc1ccc(Cl)c(Cl)c1. The zero-order valence-corrected chi connectivity index (χ0v) is 15.2. The minimum atomic E-state index is -0.771. The molecule has 0 saturated heterocycles. The number of hydrogen-bond donors (Lipinski definition) is 2.